The summed E-state index contributed by atoms with van der Waals surface area (Å²) >= 11 is 5.88. The summed E-state index contributed by atoms with van der Waals surface area (Å²) in [7, 11) is 0. The van der Waals surface area contributed by atoms with Gasteiger partial charge in [-0.05, 0) is 55.3 Å². The first kappa shape index (κ1) is 22.7. The van der Waals surface area contributed by atoms with Crippen molar-refractivity contribution in [2.45, 2.75) is 25.4 Å². The van der Waals surface area contributed by atoms with Gasteiger partial charge in [0, 0.05) is 35.3 Å². The van der Waals surface area contributed by atoms with E-state index in [0.717, 1.165) is 37.1 Å². The Morgan fingerprint density at radius 3 is 2.73 bits per heavy atom. The Morgan fingerprint density at radius 2 is 1.97 bits per heavy atom. The Kier molecular flexibility index (Phi) is 7.16. The van der Waals surface area contributed by atoms with Crippen LogP contribution >= 0.6 is 11.6 Å². The number of aromatic nitrogens is 2. The van der Waals surface area contributed by atoms with E-state index in [1.807, 2.05) is 24.3 Å². The summed E-state index contributed by atoms with van der Waals surface area (Å²) < 4.78 is 0. The molecule has 8 nitrogen and oxygen atoms in total. The van der Waals surface area contributed by atoms with Crippen LogP contribution in [0.3, 0.4) is 0 Å². The first-order valence-corrected chi connectivity index (χ1v) is 11.1. The Labute approximate surface area is 197 Å². The molecule has 2 aromatic carbocycles. The highest BCUT2D eigenvalue weighted by Gasteiger charge is 2.20. The maximum atomic E-state index is 12.7. The summed E-state index contributed by atoms with van der Waals surface area (Å²) in [6, 6.07) is 14.3. The minimum absolute atomic E-state index is 0.0451. The molecule has 2 amide bonds. The van der Waals surface area contributed by atoms with Crippen LogP contribution in [0.25, 0.3) is 11.3 Å². The Balaban J connectivity index is 1.46. The molecule has 1 aliphatic rings. The summed E-state index contributed by atoms with van der Waals surface area (Å²) in [4.78, 5) is 33.8. The molecule has 4 rings (SSSR count). The SMILES string of the molecule is Nc1ncc(-c2cccc(CNC(=O)c3ccc(Cl)cc3)c2)nc1C(=O)NC1CCCNC1. The third-order valence-electron chi connectivity index (χ3n) is 5.43. The van der Waals surface area contributed by atoms with E-state index in [-0.39, 0.29) is 29.4 Å². The molecule has 1 atom stereocenters. The molecule has 0 spiro atoms. The molecule has 3 aromatic rings. The number of benzene rings is 2. The van der Waals surface area contributed by atoms with Gasteiger partial charge in [0.15, 0.2) is 11.5 Å². The molecule has 1 aliphatic heterocycles. The van der Waals surface area contributed by atoms with Gasteiger partial charge >= 0.3 is 0 Å². The number of piperidine rings is 1. The van der Waals surface area contributed by atoms with Crippen LogP contribution in [0.4, 0.5) is 5.82 Å². The predicted molar refractivity (Wildman–Crippen MR) is 128 cm³/mol. The summed E-state index contributed by atoms with van der Waals surface area (Å²) in [6.07, 6.45) is 3.46. The van der Waals surface area contributed by atoms with Crippen LogP contribution in [0.5, 0.6) is 0 Å². The maximum Gasteiger partial charge on any atom is 0.274 e. The number of hydrogen-bond acceptors (Lipinski definition) is 6. The fraction of sp³-hybridized carbons (Fsp3) is 0.250. The summed E-state index contributed by atoms with van der Waals surface area (Å²) in [5.41, 5.74) is 8.77. The number of anilines is 1. The standard InChI is InChI=1S/C24H25ClN6O2/c25-18-8-6-16(7-9-18)23(32)29-12-15-3-1-4-17(11-15)20-14-28-22(26)21(31-20)24(33)30-19-5-2-10-27-13-19/h1,3-4,6-9,11,14,19,27H,2,5,10,12-13H2,(H2,26,28)(H,29,32)(H,30,33). The van der Waals surface area contributed by atoms with Crippen molar-refractivity contribution in [3.8, 4) is 11.3 Å². The molecule has 0 saturated carbocycles. The van der Waals surface area contributed by atoms with E-state index in [1.165, 1.54) is 0 Å². The van der Waals surface area contributed by atoms with Crippen LogP contribution in [0.15, 0.2) is 54.7 Å². The number of carbonyl (C=O) groups is 2. The van der Waals surface area contributed by atoms with Gasteiger partial charge in [-0.3, -0.25) is 9.59 Å². The monoisotopic (exact) mass is 464 g/mol. The molecule has 0 bridgehead atoms. The number of carbonyl (C=O) groups excluding carboxylic acids is 2. The number of nitrogens with one attached hydrogen (secondary N) is 3. The second-order valence-electron chi connectivity index (χ2n) is 7.90. The van der Waals surface area contributed by atoms with Gasteiger partial charge in [0.05, 0.1) is 11.9 Å². The van der Waals surface area contributed by atoms with Crippen molar-refractivity contribution in [1.29, 1.82) is 0 Å². The highest BCUT2D eigenvalue weighted by molar-refractivity contribution is 6.30. The molecule has 0 aliphatic carbocycles. The summed E-state index contributed by atoms with van der Waals surface area (Å²) in [6.45, 7) is 2.02. The van der Waals surface area contributed by atoms with E-state index in [1.54, 1.807) is 30.5 Å². The molecular formula is C24H25ClN6O2. The lowest BCUT2D eigenvalue weighted by Crippen LogP contribution is -2.46. The lowest BCUT2D eigenvalue weighted by molar-refractivity contribution is 0.0924. The van der Waals surface area contributed by atoms with Crippen molar-refractivity contribution in [3.63, 3.8) is 0 Å². The Bertz CT molecular complexity index is 1150. The second kappa shape index (κ2) is 10.4. The van der Waals surface area contributed by atoms with E-state index < -0.39 is 0 Å². The normalized spacial score (nSPS) is 15.6. The number of nitrogens with zero attached hydrogens (tertiary/aromatic N) is 2. The molecule has 9 heteroatoms. The predicted octanol–water partition coefficient (Wildman–Crippen LogP) is 2.79. The van der Waals surface area contributed by atoms with Crippen molar-refractivity contribution < 1.29 is 9.59 Å². The second-order valence-corrected chi connectivity index (χ2v) is 8.33. The van der Waals surface area contributed by atoms with Crippen molar-refractivity contribution in [2.75, 3.05) is 18.8 Å². The Hall–Kier alpha value is -3.49. The van der Waals surface area contributed by atoms with Crippen LogP contribution in [-0.4, -0.2) is 40.9 Å². The van der Waals surface area contributed by atoms with Crippen molar-refractivity contribution in [2.24, 2.45) is 0 Å². The fourth-order valence-corrected chi connectivity index (χ4v) is 3.79. The number of halogens is 1. The van der Waals surface area contributed by atoms with Gasteiger partial charge in [0.2, 0.25) is 0 Å². The molecule has 2 heterocycles. The van der Waals surface area contributed by atoms with Gasteiger partial charge in [0.1, 0.15) is 0 Å². The molecule has 33 heavy (non-hydrogen) atoms. The number of nitrogens with two attached hydrogens (primary N) is 1. The van der Waals surface area contributed by atoms with E-state index >= 15 is 0 Å². The van der Waals surface area contributed by atoms with Gasteiger partial charge < -0.3 is 21.7 Å². The number of rotatable bonds is 6. The lowest BCUT2D eigenvalue weighted by Gasteiger charge is -2.23. The zero-order valence-corrected chi connectivity index (χ0v) is 18.7. The van der Waals surface area contributed by atoms with Crippen molar-refractivity contribution in [1.82, 2.24) is 25.9 Å². The smallest absolute Gasteiger partial charge is 0.274 e. The lowest BCUT2D eigenvalue weighted by atomic mass is 10.1. The highest BCUT2D eigenvalue weighted by Crippen LogP contribution is 2.20. The van der Waals surface area contributed by atoms with Crippen LogP contribution in [-0.2, 0) is 6.54 Å². The summed E-state index contributed by atoms with van der Waals surface area (Å²) in [5.74, 6) is -0.436. The van der Waals surface area contributed by atoms with Crippen LogP contribution in [0, 0.1) is 0 Å². The number of nitrogen functional groups attached to an aromatic ring is 1. The van der Waals surface area contributed by atoms with Crippen molar-refractivity contribution in [3.05, 3.63) is 76.6 Å². The zero-order valence-electron chi connectivity index (χ0n) is 18.0. The first-order chi connectivity index (χ1) is 16.0. The van der Waals surface area contributed by atoms with Gasteiger partial charge in [-0.1, -0.05) is 29.8 Å². The highest BCUT2D eigenvalue weighted by atomic mass is 35.5. The number of amides is 2. The van der Waals surface area contributed by atoms with E-state index in [2.05, 4.69) is 25.9 Å². The topological polar surface area (TPSA) is 122 Å². The molecular weight excluding hydrogens is 440 g/mol. The first-order valence-electron chi connectivity index (χ1n) is 10.8. The minimum atomic E-state index is -0.332. The fourth-order valence-electron chi connectivity index (χ4n) is 3.66. The largest absolute Gasteiger partial charge is 0.382 e. The molecule has 1 fully saturated rings. The minimum Gasteiger partial charge on any atom is -0.382 e. The molecule has 1 aromatic heterocycles. The third kappa shape index (κ3) is 5.85. The van der Waals surface area contributed by atoms with Gasteiger partial charge in [0.25, 0.3) is 11.8 Å². The quantitative estimate of drug-likeness (QED) is 0.445. The van der Waals surface area contributed by atoms with Crippen LogP contribution < -0.4 is 21.7 Å². The Morgan fingerprint density at radius 1 is 1.15 bits per heavy atom. The zero-order chi connectivity index (χ0) is 23.2. The molecule has 5 N–H and O–H groups in total. The maximum absolute atomic E-state index is 12.7. The number of hydrogen-bond donors (Lipinski definition) is 4. The van der Waals surface area contributed by atoms with E-state index in [9.17, 15) is 9.59 Å². The molecule has 0 radical (unpaired) electrons. The molecule has 1 unspecified atom stereocenters. The molecule has 170 valence electrons. The van der Waals surface area contributed by atoms with Gasteiger partial charge in [-0.2, -0.15) is 0 Å². The van der Waals surface area contributed by atoms with Gasteiger partial charge in [-0.25, -0.2) is 9.97 Å². The van der Waals surface area contributed by atoms with Crippen molar-refractivity contribution >= 4 is 29.2 Å². The van der Waals surface area contributed by atoms with E-state index in [4.69, 9.17) is 17.3 Å². The summed E-state index contributed by atoms with van der Waals surface area (Å²) in [5, 5.41) is 9.71. The average molecular weight is 465 g/mol. The van der Waals surface area contributed by atoms with E-state index in [0.29, 0.717) is 22.8 Å². The van der Waals surface area contributed by atoms with Crippen LogP contribution in [0.2, 0.25) is 5.02 Å². The van der Waals surface area contributed by atoms with Gasteiger partial charge in [-0.15, -0.1) is 0 Å². The third-order valence-corrected chi connectivity index (χ3v) is 5.68. The average Bonchev–Trinajstić information content (AvgIpc) is 2.84. The van der Waals surface area contributed by atoms with Crippen LogP contribution in [0.1, 0.15) is 39.3 Å². The molecule has 1 saturated heterocycles.